The molecule has 0 bridgehead atoms. The van der Waals surface area contributed by atoms with Gasteiger partial charge in [0.25, 0.3) is 11.8 Å². The van der Waals surface area contributed by atoms with Gasteiger partial charge in [0.1, 0.15) is 23.1 Å². The maximum atomic E-state index is 14.1. The van der Waals surface area contributed by atoms with Gasteiger partial charge in [0.05, 0.1) is 17.5 Å². The lowest BCUT2D eigenvalue weighted by molar-refractivity contribution is 0.0487. The number of anilines is 1. The van der Waals surface area contributed by atoms with E-state index < -0.39 is 11.6 Å². The number of carbonyl (C=O) groups is 2. The number of carbonyl (C=O) groups excluding carboxylic acids is 2. The van der Waals surface area contributed by atoms with Crippen LogP contribution in [-0.4, -0.2) is 82.4 Å². The summed E-state index contributed by atoms with van der Waals surface area (Å²) in [7, 11) is 0. The summed E-state index contributed by atoms with van der Waals surface area (Å²) in [4.78, 5) is 40.7. The number of amides is 2. The normalized spacial score (nSPS) is 21.2. The van der Waals surface area contributed by atoms with Crippen molar-refractivity contribution in [1.82, 2.24) is 25.1 Å². The zero-order valence-corrected chi connectivity index (χ0v) is 21.4. The van der Waals surface area contributed by atoms with Crippen LogP contribution in [0.25, 0.3) is 0 Å². The van der Waals surface area contributed by atoms with Crippen LogP contribution in [-0.2, 0) is 0 Å². The SMILES string of the molecule is CC[C@H]1CN(c2ncc(C(=O)NC3CC3)nc2C)CCN1C1CCN(C(=O)c2ccc(F)cc2F)CC1. The third-order valence-corrected chi connectivity index (χ3v) is 7.75. The van der Waals surface area contributed by atoms with Crippen LogP contribution >= 0.6 is 0 Å². The molecule has 2 aliphatic heterocycles. The molecule has 1 atom stereocenters. The third kappa shape index (κ3) is 5.58. The average Bonchev–Trinajstić information content (AvgIpc) is 3.72. The molecule has 5 rings (SSSR count). The summed E-state index contributed by atoms with van der Waals surface area (Å²) < 4.78 is 27.3. The first-order valence-corrected chi connectivity index (χ1v) is 13.2. The third-order valence-electron chi connectivity index (χ3n) is 7.75. The topological polar surface area (TPSA) is 81.7 Å². The Hall–Kier alpha value is -3.14. The van der Waals surface area contributed by atoms with Crippen LogP contribution in [0.3, 0.4) is 0 Å². The fourth-order valence-electron chi connectivity index (χ4n) is 5.52. The Kier molecular flexibility index (Phi) is 7.37. The fourth-order valence-corrected chi connectivity index (χ4v) is 5.52. The van der Waals surface area contributed by atoms with Crippen molar-refractivity contribution in [2.75, 3.05) is 37.6 Å². The van der Waals surface area contributed by atoms with Gasteiger partial charge in [-0.3, -0.25) is 14.5 Å². The van der Waals surface area contributed by atoms with E-state index in [4.69, 9.17) is 0 Å². The first-order chi connectivity index (χ1) is 17.8. The van der Waals surface area contributed by atoms with Gasteiger partial charge in [0.15, 0.2) is 0 Å². The van der Waals surface area contributed by atoms with Crippen LogP contribution in [0.4, 0.5) is 14.6 Å². The second kappa shape index (κ2) is 10.7. The number of aromatic nitrogens is 2. The first kappa shape index (κ1) is 25.5. The molecule has 0 radical (unpaired) electrons. The molecular weight excluding hydrogens is 478 g/mol. The number of halogens is 2. The molecular formula is C27H34F2N6O2. The predicted octanol–water partition coefficient (Wildman–Crippen LogP) is 3.16. The van der Waals surface area contributed by atoms with E-state index in [1.54, 1.807) is 11.1 Å². The Morgan fingerprint density at radius 3 is 2.49 bits per heavy atom. The van der Waals surface area contributed by atoms with Crippen molar-refractivity contribution in [2.45, 2.75) is 64.1 Å². The highest BCUT2D eigenvalue weighted by Crippen LogP contribution is 2.27. The molecule has 3 heterocycles. The standard InChI is InChI=1S/C27H34F2N6O2/c1-3-20-16-34(25-17(2)31-24(15-30-25)26(36)32-19-5-6-19)12-13-35(20)21-8-10-33(11-9-21)27(37)22-7-4-18(28)14-23(22)29/h4,7,14-15,19-21H,3,5-6,8-13,16H2,1-2H3,(H,32,36)/t20-/m0/s1. The highest BCUT2D eigenvalue weighted by atomic mass is 19.1. The number of nitrogens with zero attached hydrogens (tertiary/aromatic N) is 5. The summed E-state index contributed by atoms with van der Waals surface area (Å²) in [6.07, 6.45) is 6.24. The van der Waals surface area contributed by atoms with Crippen molar-refractivity contribution in [1.29, 1.82) is 0 Å². The summed E-state index contributed by atoms with van der Waals surface area (Å²) >= 11 is 0. The van der Waals surface area contributed by atoms with Gasteiger partial charge in [0.2, 0.25) is 0 Å². The molecule has 3 aliphatic rings. The first-order valence-electron chi connectivity index (χ1n) is 13.2. The van der Waals surface area contributed by atoms with Crippen molar-refractivity contribution >= 4 is 17.6 Å². The van der Waals surface area contributed by atoms with Crippen LogP contribution in [0.2, 0.25) is 0 Å². The Morgan fingerprint density at radius 1 is 1.08 bits per heavy atom. The maximum absolute atomic E-state index is 14.1. The lowest BCUT2D eigenvalue weighted by Gasteiger charge is -2.47. The van der Waals surface area contributed by atoms with E-state index in [0.717, 1.165) is 75.4 Å². The minimum Gasteiger partial charge on any atom is -0.352 e. The van der Waals surface area contributed by atoms with Crippen molar-refractivity contribution in [3.05, 3.63) is 53.0 Å². The van der Waals surface area contributed by atoms with Crippen molar-refractivity contribution in [3.8, 4) is 0 Å². The molecule has 10 heteroatoms. The van der Waals surface area contributed by atoms with Crippen LogP contribution in [0, 0.1) is 18.6 Å². The van der Waals surface area contributed by atoms with Crippen molar-refractivity contribution < 1.29 is 18.4 Å². The smallest absolute Gasteiger partial charge is 0.271 e. The van der Waals surface area contributed by atoms with E-state index in [1.807, 2.05) is 6.92 Å². The van der Waals surface area contributed by atoms with Crippen LogP contribution in [0.1, 0.15) is 65.6 Å². The Morgan fingerprint density at radius 2 is 1.84 bits per heavy atom. The molecule has 2 aromatic rings. The molecule has 1 N–H and O–H groups in total. The molecule has 0 unspecified atom stereocenters. The molecule has 3 fully saturated rings. The fraction of sp³-hybridized carbons (Fsp3) is 0.556. The molecule has 2 amide bonds. The zero-order valence-electron chi connectivity index (χ0n) is 21.4. The van der Waals surface area contributed by atoms with E-state index in [2.05, 4.69) is 32.0 Å². The van der Waals surface area contributed by atoms with E-state index in [9.17, 15) is 18.4 Å². The quantitative estimate of drug-likeness (QED) is 0.641. The van der Waals surface area contributed by atoms with Gasteiger partial charge in [0, 0.05) is 56.9 Å². The largest absolute Gasteiger partial charge is 0.352 e. The number of piperidine rings is 1. The molecule has 1 aromatic heterocycles. The predicted molar refractivity (Wildman–Crippen MR) is 136 cm³/mol. The number of hydrogen-bond donors (Lipinski definition) is 1. The van der Waals surface area contributed by atoms with Gasteiger partial charge >= 0.3 is 0 Å². The van der Waals surface area contributed by atoms with Gasteiger partial charge in [-0.05, 0) is 51.2 Å². The van der Waals surface area contributed by atoms with Crippen LogP contribution in [0.5, 0.6) is 0 Å². The lowest BCUT2D eigenvalue weighted by Crippen LogP contribution is -2.59. The zero-order chi connectivity index (χ0) is 26.1. The van der Waals surface area contributed by atoms with Gasteiger partial charge in [-0.1, -0.05) is 6.92 Å². The number of hydrogen-bond acceptors (Lipinski definition) is 6. The summed E-state index contributed by atoms with van der Waals surface area (Å²) in [5, 5.41) is 2.96. The Balaban J connectivity index is 1.18. The summed E-state index contributed by atoms with van der Waals surface area (Å²) in [5.41, 5.74) is 1.04. The van der Waals surface area contributed by atoms with Gasteiger partial charge in [-0.15, -0.1) is 0 Å². The molecule has 198 valence electrons. The summed E-state index contributed by atoms with van der Waals surface area (Å²) in [5.74, 6) is -1.22. The minimum absolute atomic E-state index is 0.0765. The number of likely N-dealkylation sites (tertiary alicyclic amines) is 1. The molecule has 2 saturated heterocycles. The number of rotatable bonds is 6. The monoisotopic (exact) mass is 512 g/mol. The van der Waals surface area contributed by atoms with Gasteiger partial charge in [-0.2, -0.15) is 0 Å². The van der Waals surface area contributed by atoms with Crippen LogP contribution in [0.15, 0.2) is 24.4 Å². The average molecular weight is 513 g/mol. The number of benzene rings is 1. The molecule has 1 saturated carbocycles. The van der Waals surface area contributed by atoms with E-state index in [-0.39, 0.29) is 23.4 Å². The molecule has 0 spiro atoms. The Labute approximate surface area is 216 Å². The summed E-state index contributed by atoms with van der Waals surface area (Å²) in [6, 6.07) is 4.05. The number of nitrogens with one attached hydrogen (secondary N) is 1. The minimum atomic E-state index is -0.815. The highest BCUT2D eigenvalue weighted by molar-refractivity contribution is 5.94. The maximum Gasteiger partial charge on any atom is 0.271 e. The second-order valence-electron chi connectivity index (χ2n) is 10.3. The number of piperazine rings is 1. The summed E-state index contributed by atoms with van der Waals surface area (Å²) in [6.45, 7) is 7.67. The van der Waals surface area contributed by atoms with Gasteiger partial charge in [-0.25, -0.2) is 18.7 Å². The van der Waals surface area contributed by atoms with E-state index in [0.29, 0.717) is 30.9 Å². The highest BCUT2D eigenvalue weighted by Gasteiger charge is 2.35. The molecule has 1 aromatic carbocycles. The molecule has 8 nitrogen and oxygen atoms in total. The second-order valence-corrected chi connectivity index (χ2v) is 10.3. The van der Waals surface area contributed by atoms with Crippen molar-refractivity contribution in [3.63, 3.8) is 0 Å². The van der Waals surface area contributed by atoms with E-state index in [1.165, 1.54) is 6.07 Å². The number of aryl methyl sites for hydroxylation is 1. The Bertz CT molecular complexity index is 1170. The van der Waals surface area contributed by atoms with Crippen LogP contribution < -0.4 is 10.2 Å². The molecule has 37 heavy (non-hydrogen) atoms. The van der Waals surface area contributed by atoms with Crippen molar-refractivity contribution in [2.24, 2.45) is 0 Å². The van der Waals surface area contributed by atoms with E-state index >= 15 is 0 Å². The molecule has 1 aliphatic carbocycles. The lowest BCUT2D eigenvalue weighted by atomic mass is 9.97. The van der Waals surface area contributed by atoms with Gasteiger partial charge < -0.3 is 15.1 Å².